The lowest BCUT2D eigenvalue weighted by atomic mass is 10.1. The van der Waals surface area contributed by atoms with E-state index in [9.17, 15) is 0 Å². The molecular weight excluding hydrogens is 455 g/mol. The Bertz CT molecular complexity index is 1270. The van der Waals surface area contributed by atoms with Gasteiger partial charge in [-0.1, -0.05) is 103 Å². The molecule has 5 rings (SSSR count). The second kappa shape index (κ2) is 11.6. The van der Waals surface area contributed by atoms with Gasteiger partial charge in [0.2, 0.25) is 0 Å². The molecule has 0 fully saturated rings. The number of hydrogen-bond acceptors (Lipinski definition) is 2. The number of nitrogens with zero attached hydrogens (tertiary/aromatic N) is 1. The highest BCUT2D eigenvalue weighted by Gasteiger charge is 2.46. The highest BCUT2D eigenvalue weighted by Crippen LogP contribution is 2.55. The molecule has 0 bridgehead atoms. The molecule has 36 heavy (non-hydrogen) atoms. The third kappa shape index (κ3) is 5.46. The minimum absolute atomic E-state index is 0.787. The summed E-state index contributed by atoms with van der Waals surface area (Å²) in [7, 11) is -2.04. The summed E-state index contributed by atoms with van der Waals surface area (Å²) in [6, 6.07) is 53.8. The van der Waals surface area contributed by atoms with E-state index in [-0.39, 0.29) is 0 Å². The molecule has 0 aliphatic heterocycles. The summed E-state index contributed by atoms with van der Waals surface area (Å²) in [5, 5.41) is 9.14. The molecule has 5 aromatic carbocycles. The zero-order valence-electron chi connectivity index (χ0n) is 20.2. The summed E-state index contributed by atoms with van der Waals surface area (Å²) in [6.45, 7) is 0. The van der Waals surface area contributed by atoms with Crippen LogP contribution in [0.1, 0.15) is 5.56 Å². The minimum Gasteiger partial charge on any atom is -0.278 e. The van der Waals surface area contributed by atoms with E-state index in [0.717, 1.165) is 24.0 Å². The van der Waals surface area contributed by atoms with Crippen LogP contribution in [-0.4, -0.2) is 11.9 Å². The van der Waals surface area contributed by atoms with Crippen LogP contribution in [0.2, 0.25) is 0 Å². The number of hydrazone groups is 1. The van der Waals surface area contributed by atoms with Crippen LogP contribution < -0.4 is 21.3 Å². The Balaban J connectivity index is 1.67. The van der Waals surface area contributed by atoms with Gasteiger partial charge in [-0.15, -0.1) is 0 Å². The second-order valence-electron chi connectivity index (χ2n) is 8.79. The van der Waals surface area contributed by atoms with E-state index < -0.39 is 7.26 Å². The molecule has 0 heterocycles. The molecule has 0 saturated carbocycles. The summed E-state index contributed by atoms with van der Waals surface area (Å²) in [5.41, 5.74) is 6.74. The monoisotopic (exact) mass is 485 g/mol. The van der Waals surface area contributed by atoms with Crippen molar-refractivity contribution in [1.29, 1.82) is 0 Å². The fraction of sp³-hybridized carbons (Fsp3) is 0.0606. The van der Waals surface area contributed by atoms with Crippen LogP contribution >= 0.6 is 7.26 Å². The number of nitrogens with one attached hydrogen (secondary N) is 1. The van der Waals surface area contributed by atoms with Gasteiger partial charge in [0, 0.05) is 6.42 Å². The molecule has 2 nitrogen and oxygen atoms in total. The standard InChI is InChI=1S/C33H30N2P/c1-6-16-28(17-7-1)26-30(35-34-29-18-8-2-9-19-29)27-36(31-20-10-3-11-21-31,32-22-12-4-13-23-32)33-24-14-5-15-25-33/h1-25,34H,26-27H2/q+1/b35-30+. The van der Waals surface area contributed by atoms with Crippen molar-refractivity contribution in [3.8, 4) is 0 Å². The van der Waals surface area contributed by atoms with Gasteiger partial charge in [0.15, 0.2) is 0 Å². The normalized spacial score (nSPS) is 11.7. The van der Waals surface area contributed by atoms with Gasteiger partial charge >= 0.3 is 0 Å². The van der Waals surface area contributed by atoms with Gasteiger partial charge in [-0.2, -0.15) is 5.10 Å². The SMILES string of the molecule is c1ccc(C/C(C[P+](c2ccccc2)(c2ccccc2)c2ccccc2)=N\Nc2ccccc2)cc1. The minimum atomic E-state index is -2.04. The van der Waals surface area contributed by atoms with Crippen molar-refractivity contribution in [2.24, 2.45) is 5.10 Å². The summed E-state index contributed by atoms with van der Waals surface area (Å²) < 4.78 is 0. The van der Waals surface area contributed by atoms with Crippen molar-refractivity contribution < 1.29 is 0 Å². The molecule has 0 radical (unpaired) electrons. The van der Waals surface area contributed by atoms with Crippen LogP contribution in [0.5, 0.6) is 0 Å². The lowest BCUT2D eigenvalue weighted by Gasteiger charge is -2.28. The number of hydrogen-bond donors (Lipinski definition) is 1. The van der Waals surface area contributed by atoms with E-state index in [0.29, 0.717) is 0 Å². The van der Waals surface area contributed by atoms with E-state index in [1.165, 1.54) is 21.5 Å². The zero-order chi connectivity index (χ0) is 24.5. The lowest BCUT2D eigenvalue weighted by molar-refractivity contribution is 1.24. The molecule has 0 saturated heterocycles. The fourth-order valence-electron chi connectivity index (χ4n) is 4.66. The molecule has 0 aromatic heterocycles. The number of para-hydroxylation sites is 1. The Labute approximate surface area is 214 Å². The van der Waals surface area contributed by atoms with Crippen LogP contribution in [0, 0.1) is 0 Å². The second-order valence-corrected chi connectivity index (χ2v) is 12.3. The van der Waals surface area contributed by atoms with Gasteiger partial charge in [-0.25, -0.2) is 0 Å². The van der Waals surface area contributed by atoms with E-state index in [2.05, 4.69) is 139 Å². The predicted molar refractivity (Wildman–Crippen MR) is 158 cm³/mol. The zero-order valence-corrected chi connectivity index (χ0v) is 21.1. The Kier molecular flexibility index (Phi) is 7.66. The molecule has 0 spiro atoms. The number of benzene rings is 5. The number of anilines is 1. The Morgan fingerprint density at radius 3 is 1.33 bits per heavy atom. The van der Waals surface area contributed by atoms with Gasteiger partial charge < -0.3 is 0 Å². The Hall–Kier alpha value is -4.00. The molecular formula is C33H30N2P+. The van der Waals surface area contributed by atoms with Crippen LogP contribution in [0.15, 0.2) is 157 Å². The summed E-state index contributed by atoms with van der Waals surface area (Å²) in [5.74, 6) is 0. The van der Waals surface area contributed by atoms with Crippen molar-refractivity contribution >= 4 is 34.6 Å². The fourth-order valence-corrected chi connectivity index (χ4v) is 8.88. The number of rotatable bonds is 9. The van der Waals surface area contributed by atoms with Crippen LogP contribution in [-0.2, 0) is 6.42 Å². The summed E-state index contributed by atoms with van der Waals surface area (Å²) in [6.07, 6.45) is 1.63. The van der Waals surface area contributed by atoms with E-state index in [1.807, 2.05) is 18.2 Å². The van der Waals surface area contributed by atoms with Gasteiger partial charge in [0.05, 0.1) is 11.4 Å². The van der Waals surface area contributed by atoms with Crippen LogP contribution in [0.3, 0.4) is 0 Å². The average Bonchev–Trinajstić information content (AvgIpc) is 2.97. The molecule has 0 unspecified atom stereocenters. The van der Waals surface area contributed by atoms with Gasteiger partial charge in [0.25, 0.3) is 0 Å². The van der Waals surface area contributed by atoms with Crippen molar-refractivity contribution in [2.45, 2.75) is 6.42 Å². The predicted octanol–water partition coefficient (Wildman–Crippen LogP) is 6.69. The van der Waals surface area contributed by atoms with Gasteiger partial charge in [-0.05, 0) is 54.1 Å². The van der Waals surface area contributed by atoms with Crippen molar-refractivity contribution in [2.75, 3.05) is 11.6 Å². The van der Waals surface area contributed by atoms with Crippen molar-refractivity contribution in [3.63, 3.8) is 0 Å². The Morgan fingerprint density at radius 2 is 0.889 bits per heavy atom. The smallest absolute Gasteiger partial charge is 0.117 e. The van der Waals surface area contributed by atoms with E-state index in [4.69, 9.17) is 5.10 Å². The topological polar surface area (TPSA) is 24.4 Å². The molecule has 3 heteroatoms. The first kappa shape index (κ1) is 23.7. The summed E-state index contributed by atoms with van der Waals surface area (Å²) in [4.78, 5) is 0. The van der Waals surface area contributed by atoms with Gasteiger partial charge in [-0.3, -0.25) is 5.43 Å². The highest BCUT2D eigenvalue weighted by atomic mass is 31.2. The van der Waals surface area contributed by atoms with Gasteiger partial charge in [0.1, 0.15) is 29.3 Å². The highest BCUT2D eigenvalue weighted by molar-refractivity contribution is 7.96. The average molecular weight is 486 g/mol. The van der Waals surface area contributed by atoms with E-state index in [1.54, 1.807) is 0 Å². The first-order valence-electron chi connectivity index (χ1n) is 12.3. The molecule has 0 amide bonds. The van der Waals surface area contributed by atoms with Crippen LogP contribution in [0.4, 0.5) is 5.69 Å². The largest absolute Gasteiger partial charge is 0.278 e. The van der Waals surface area contributed by atoms with Crippen molar-refractivity contribution in [1.82, 2.24) is 0 Å². The summed E-state index contributed by atoms with van der Waals surface area (Å²) >= 11 is 0. The van der Waals surface area contributed by atoms with Crippen LogP contribution in [0.25, 0.3) is 0 Å². The third-order valence-electron chi connectivity index (χ3n) is 6.38. The third-order valence-corrected chi connectivity index (χ3v) is 10.8. The molecule has 176 valence electrons. The molecule has 1 N–H and O–H groups in total. The first-order chi connectivity index (χ1) is 17.8. The molecule has 0 aliphatic carbocycles. The molecule has 5 aromatic rings. The first-order valence-corrected chi connectivity index (χ1v) is 14.3. The Morgan fingerprint density at radius 1 is 0.500 bits per heavy atom. The van der Waals surface area contributed by atoms with Crippen molar-refractivity contribution in [3.05, 3.63) is 157 Å². The maximum atomic E-state index is 5.05. The lowest BCUT2D eigenvalue weighted by Crippen LogP contribution is -2.36. The molecule has 0 atom stereocenters. The maximum Gasteiger partial charge on any atom is 0.117 e. The maximum absolute atomic E-state index is 5.05. The van der Waals surface area contributed by atoms with E-state index >= 15 is 0 Å². The quantitative estimate of drug-likeness (QED) is 0.140. The molecule has 0 aliphatic rings.